The summed E-state index contributed by atoms with van der Waals surface area (Å²) >= 11 is 0. The number of aromatic nitrogens is 1. The molecule has 2 rings (SSSR count). The summed E-state index contributed by atoms with van der Waals surface area (Å²) in [5.74, 6) is -0.400. The van der Waals surface area contributed by atoms with E-state index >= 15 is 0 Å². The third-order valence-corrected chi connectivity index (χ3v) is 3.58. The molecule has 0 radical (unpaired) electrons. The van der Waals surface area contributed by atoms with Gasteiger partial charge in [-0.05, 0) is 50.5 Å². The first-order valence-corrected chi connectivity index (χ1v) is 7.39. The van der Waals surface area contributed by atoms with Crippen LogP contribution in [-0.4, -0.2) is 10.9 Å². The molecule has 2 N–H and O–H groups in total. The highest BCUT2D eigenvalue weighted by Gasteiger charge is 2.16. The van der Waals surface area contributed by atoms with Crippen LogP contribution in [0.25, 0.3) is 11.3 Å². The minimum atomic E-state index is -0.400. The molecular formula is C18H22N2O. The molecule has 0 aliphatic heterocycles. The van der Waals surface area contributed by atoms with Gasteiger partial charge in [-0.2, -0.15) is 0 Å². The molecule has 0 aliphatic carbocycles. The highest BCUT2D eigenvalue weighted by atomic mass is 16.1. The van der Waals surface area contributed by atoms with Gasteiger partial charge >= 0.3 is 0 Å². The van der Waals surface area contributed by atoms with Crippen molar-refractivity contribution in [2.75, 3.05) is 0 Å². The number of hydrogen-bond donors (Lipinski definition) is 1. The predicted octanol–water partition coefficient (Wildman–Crippen LogP) is 3.81. The van der Waals surface area contributed by atoms with Gasteiger partial charge in [0, 0.05) is 11.8 Å². The van der Waals surface area contributed by atoms with E-state index in [1.54, 1.807) is 6.20 Å². The van der Waals surface area contributed by atoms with Crippen molar-refractivity contribution in [1.82, 2.24) is 4.98 Å². The zero-order valence-electron chi connectivity index (χ0n) is 12.9. The first-order chi connectivity index (χ1) is 10.0. The van der Waals surface area contributed by atoms with Gasteiger partial charge in [-0.1, -0.05) is 30.5 Å². The lowest BCUT2D eigenvalue weighted by Gasteiger charge is -2.12. The van der Waals surface area contributed by atoms with Crippen LogP contribution in [-0.2, 0) is 6.42 Å². The van der Waals surface area contributed by atoms with E-state index in [0.29, 0.717) is 11.3 Å². The molecule has 1 heterocycles. The third-order valence-electron chi connectivity index (χ3n) is 3.58. The Morgan fingerprint density at radius 2 is 1.86 bits per heavy atom. The van der Waals surface area contributed by atoms with Gasteiger partial charge in [-0.15, -0.1) is 0 Å². The normalized spacial score (nSPS) is 10.6. The van der Waals surface area contributed by atoms with Gasteiger partial charge in [-0.3, -0.25) is 9.78 Å². The number of carbonyl (C=O) groups is 1. The average molecular weight is 282 g/mol. The topological polar surface area (TPSA) is 56.0 Å². The molecule has 21 heavy (non-hydrogen) atoms. The molecule has 0 spiro atoms. The molecule has 0 unspecified atom stereocenters. The molecule has 0 fully saturated rings. The zero-order valence-corrected chi connectivity index (χ0v) is 12.9. The van der Waals surface area contributed by atoms with Gasteiger partial charge < -0.3 is 5.73 Å². The first-order valence-electron chi connectivity index (χ1n) is 7.39. The van der Waals surface area contributed by atoms with E-state index in [1.165, 1.54) is 0 Å². The summed E-state index contributed by atoms with van der Waals surface area (Å²) in [5.41, 5.74) is 11.1. The molecule has 0 saturated heterocycles. The van der Waals surface area contributed by atoms with Crippen molar-refractivity contribution in [2.45, 2.75) is 40.0 Å². The van der Waals surface area contributed by atoms with E-state index in [9.17, 15) is 4.79 Å². The van der Waals surface area contributed by atoms with E-state index in [4.69, 9.17) is 5.73 Å². The minimum absolute atomic E-state index is 0.400. The number of primary amides is 1. The second-order valence-electron chi connectivity index (χ2n) is 5.54. The Labute approximate surface area is 126 Å². The monoisotopic (exact) mass is 282 g/mol. The van der Waals surface area contributed by atoms with Crippen LogP contribution >= 0.6 is 0 Å². The van der Waals surface area contributed by atoms with Crippen molar-refractivity contribution in [3.8, 4) is 11.3 Å². The van der Waals surface area contributed by atoms with Crippen LogP contribution in [0.15, 0.2) is 30.5 Å². The first kappa shape index (κ1) is 15.2. The van der Waals surface area contributed by atoms with E-state index in [2.05, 4.69) is 18.0 Å². The Kier molecular flexibility index (Phi) is 4.73. The van der Waals surface area contributed by atoms with Crippen molar-refractivity contribution >= 4 is 5.91 Å². The number of nitrogens with zero attached hydrogens (tertiary/aromatic N) is 1. The van der Waals surface area contributed by atoms with E-state index in [0.717, 1.165) is 41.5 Å². The summed E-state index contributed by atoms with van der Waals surface area (Å²) in [6, 6.07) is 8.10. The lowest BCUT2D eigenvalue weighted by molar-refractivity contribution is 0.0999. The van der Waals surface area contributed by atoms with Crippen LogP contribution < -0.4 is 5.73 Å². The number of nitrogens with two attached hydrogens (primary N) is 1. The zero-order chi connectivity index (χ0) is 15.4. The van der Waals surface area contributed by atoms with Crippen LogP contribution in [0.1, 0.15) is 46.8 Å². The Bertz CT molecular complexity index is 642. The molecular weight excluding hydrogens is 260 g/mol. The predicted molar refractivity (Wildman–Crippen MR) is 86.3 cm³/mol. The molecule has 0 saturated carbocycles. The van der Waals surface area contributed by atoms with Crippen molar-refractivity contribution in [3.05, 3.63) is 52.7 Å². The number of pyridine rings is 1. The molecule has 1 aromatic heterocycles. The smallest absolute Gasteiger partial charge is 0.251 e. The molecule has 0 bridgehead atoms. The largest absolute Gasteiger partial charge is 0.366 e. The molecule has 1 amide bonds. The summed E-state index contributed by atoms with van der Waals surface area (Å²) in [6.45, 7) is 6.22. The number of amides is 1. The molecule has 3 heteroatoms. The molecule has 3 nitrogen and oxygen atoms in total. The highest BCUT2D eigenvalue weighted by molar-refractivity contribution is 6.00. The Hall–Kier alpha value is -2.16. The Morgan fingerprint density at radius 1 is 1.19 bits per heavy atom. The number of benzene rings is 1. The summed E-state index contributed by atoms with van der Waals surface area (Å²) in [7, 11) is 0. The van der Waals surface area contributed by atoms with Gasteiger partial charge in [0.25, 0.3) is 5.91 Å². The maximum atomic E-state index is 11.9. The number of unbranched alkanes of at least 4 members (excludes halogenated alkanes) is 1. The van der Waals surface area contributed by atoms with Crippen LogP contribution in [0.3, 0.4) is 0 Å². The third kappa shape index (κ3) is 3.48. The van der Waals surface area contributed by atoms with Crippen molar-refractivity contribution in [2.24, 2.45) is 5.73 Å². The average Bonchev–Trinajstić information content (AvgIpc) is 2.43. The van der Waals surface area contributed by atoms with Crippen molar-refractivity contribution in [3.63, 3.8) is 0 Å². The molecule has 2 aromatic rings. The molecule has 0 atom stereocenters. The second-order valence-corrected chi connectivity index (χ2v) is 5.54. The summed E-state index contributed by atoms with van der Waals surface area (Å²) in [6.07, 6.45) is 4.75. The van der Waals surface area contributed by atoms with Crippen LogP contribution in [0, 0.1) is 13.8 Å². The lowest BCUT2D eigenvalue weighted by Crippen LogP contribution is -2.16. The van der Waals surface area contributed by atoms with E-state index < -0.39 is 5.91 Å². The maximum Gasteiger partial charge on any atom is 0.251 e. The Morgan fingerprint density at radius 3 is 2.43 bits per heavy atom. The van der Waals surface area contributed by atoms with Gasteiger partial charge in [0.2, 0.25) is 0 Å². The lowest BCUT2D eigenvalue weighted by atomic mass is 9.95. The van der Waals surface area contributed by atoms with Crippen molar-refractivity contribution < 1.29 is 4.79 Å². The minimum Gasteiger partial charge on any atom is -0.366 e. The van der Waals surface area contributed by atoms with Crippen molar-refractivity contribution in [1.29, 1.82) is 0 Å². The Balaban J connectivity index is 2.59. The maximum absolute atomic E-state index is 11.9. The fraction of sp³-hybridized carbons (Fsp3) is 0.333. The fourth-order valence-corrected chi connectivity index (χ4v) is 2.68. The van der Waals surface area contributed by atoms with E-state index in [-0.39, 0.29) is 0 Å². The standard InChI is InChI=1S/C18H22N2O/c1-4-5-6-14-7-8-20-17(16(14)18(19)21)15-10-12(2)9-13(3)11-15/h7-11H,4-6H2,1-3H3,(H2,19,21). The van der Waals surface area contributed by atoms with Gasteiger partial charge in [-0.25, -0.2) is 0 Å². The highest BCUT2D eigenvalue weighted by Crippen LogP contribution is 2.26. The van der Waals surface area contributed by atoms with Crippen LogP contribution in [0.2, 0.25) is 0 Å². The second kappa shape index (κ2) is 6.53. The van der Waals surface area contributed by atoms with Gasteiger partial charge in [0.05, 0.1) is 11.3 Å². The summed E-state index contributed by atoms with van der Waals surface area (Å²) < 4.78 is 0. The fourth-order valence-electron chi connectivity index (χ4n) is 2.68. The number of rotatable bonds is 5. The van der Waals surface area contributed by atoms with E-state index in [1.807, 2.05) is 32.0 Å². The molecule has 0 aliphatic rings. The molecule has 110 valence electrons. The summed E-state index contributed by atoms with van der Waals surface area (Å²) in [5, 5.41) is 0. The number of aryl methyl sites for hydroxylation is 3. The van der Waals surface area contributed by atoms with Gasteiger partial charge in [0.15, 0.2) is 0 Å². The SMILES string of the molecule is CCCCc1ccnc(-c2cc(C)cc(C)c2)c1C(N)=O. The quantitative estimate of drug-likeness (QED) is 0.906. The van der Waals surface area contributed by atoms with Gasteiger partial charge in [0.1, 0.15) is 0 Å². The molecule has 1 aromatic carbocycles. The number of hydrogen-bond acceptors (Lipinski definition) is 2. The van der Waals surface area contributed by atoms with Crippen LogP contribution in [0.5, 0.6) is 0 Å². The number of carbonyl (C=O) groups excluding carboxylic acids is 1. The summed E-state index contributed by atoms with van der Waals surface area (Å²) in [4.78, 5) is 16.4. The van der Waals surface area contributed by atoms with Crippen LogP contribution in [0.4, 0.5) is 0 Å².